The van der Waals surface area contributed by atoms with Crippen molar-refractivity contribution in [3.63, 3.8) is 0 Å². The molecule has 0 spiro atoms. The van der Waals surface area contributed by atoms with Crippen LogP contribution in [0.3, 0.4) is 0 Å². The molecule has 5 rings (SSSR count). The van der Waals surface area contributed by atoms with E-state index in [1.165, 1.54) is 26.4 Å². The molecule has 0 aliphatic heterocycles. The lowest BCUT2D eigenvalue weighted by Gasteiger charge is -2.23. The molecule has 42 heavy (non-hydrogen) atoms. The Morgan fingerprint density at radius 2 is 1.38 bits per heavy atom. The van der Waals surface area contributed by atoms with Gasteiger partial charge in [-0.25, -0.2) is 9.69 Å². The number of aromatic amines is 1. The van der Waals surface area contributed by atoms with Crippen molar-refractivity contribution in [2.45, 2.75) is 6.61 Å². The Morgan fingerprint density at radius 3 is 2.00 bits per heavy atom. The van der Waals surface area contributed by atoms with E-state index in [4.69, 9.17) is 14.2 Å². The van der Waals surface area contributed by atoms with Crippen molar-refractivity contribution in [1.29, 1.82) is 0 Å². The van der Waals surface area contributed by atoms with Gasteiger partial charge < -0.3 is 19.2 Å². The minimum atomic E-state index is -0.986. The summed E-state index contributed by atoms with van der Waals surface area (Å²) in [4.78, 5) is 58.8. The molecule has 1 aromatic heterocycles. The summed E-state index contributed by atoms with van der Waals surface area (Å²) >= 11 is 0. The van der Waals surface area contributed by atoms with Gasteiger partial charge in [0.1, 0.15) is 11.3 Å². The number of benzene rings is 4. The number of anilines is 1. The third-order valence-electron chi connectivity index (χ3n) is 6.56. The van der Waals surface area contributed by atoms with Gasteiger partial charge >= 0.3 is 5.97 Å². The first-order valence-electron chi connectivity index (χ1n) is 12.9. The van der Waals surface area contributed by atoms with Gasteiger partial charge in [0.05, 0.1) is 30.5 Å². The van der Waals surface area contributed by atoms with E-state index in [0.29, 0.717) is 22.2 Å². The van der Waals surface area contributed by atoms with Crippen LogP contribution in [0.4, 0.5) is 5.69 Å². The van der Waals surface area contributed by atoms with Crippen molar-refractivity contribution in [3.8, 4) is 11.5 Å². The lowest BCUT2D eigenvalue weighted by Crippen LogP contribution is -2.40. The second-order valence-corrected chi connectivity index (χ2v) is 9.20. The number of amides is 2. The number of H-pyrrole nitrogens is 1. The number of carbonyl (C=O) groups is 3. The Morgan fingerprint density at radius 1 is 0.738 bits per heavy atom. The number of rotatable bonds is 8. The zero-order valence-electron chi connectivity index (χ0n) is 22.8. The van der Waals surface area contributed by atoms with Crippen LogP contribution >= 0.6 is 0 Å². The maximum Gasteiger partial charge on any atom is 0.343 e. The van der Waals surface area contributed by atoms with E-state index < -0.39 is 28.9 Å². The molecule has 0 radical (unpaired) electrons. The van der Waals surface area contributed by atoms with Crippen LogP contribution in [0.1, 0.15) is 36.6 Å². The molecule has 1 N–H and O–H groups in total. The number of nitrogens with zero attached hydrogens (tertiary/aromatic N) is 1. The molecule has 2 amide bonds. The van der Waals surface area contributed by atoms with Crippen molar-refractivity contribution in [1.82, 2.24) is 4.98 Å². The summed E-state index contributed by atoms with van der Waals surface area (Å²) < 4.78 is 16.4. The zero-order valence-corrected chi connectivity index (χ0v) is 22.8. The SMILES string of the molecule is COCc1cccc2[nH]c(=O)c(C(=O)N(C(=O)c3ccccc3)c3ccc(OC)cc3)c(OC(=O)c3ccccc3)c12. The summed E-state index contributed by atoms with van der Waals surface area (Å²) in [5.74, 6) is -2.23. The molecule has 0 aliphatic carbocycles. The lowest BCUT2D eigenvalue weighted by atomic mass is 10.0. The van der Waals surface area contributed by atoms with Crippen LogP contribution in [0.5, 0.6) is 11.5 Å². The van der Waals surface area contributed by atoms with Crippen LogP contribution in [0, 0.1) is 0 Å². The van der Waals surface area contributed by atoms with Crippen LogP contribution in [0.15, 0.2) is 108 Å². The minimum Gasteiger partial charge on any atom is -0.497 e. The first kappa shape index (κ1) is 28.0. The van der Waals surface area contributed by atoms with Gasteiger partial charge in [0.25, 0.3) is 17.4 Å². The monoisotopic (exact) mass is 562 g/mol. The summed E-state index contributed by atoms with van der Waals surface area (Å²) in [7, 11) is 2.99. The summed E-state index contributed by atoms with van der Waals surface area (Å²) in [5, 5.41) is 0.299. The Labute approximate surface area is 240 Å². The fourth-order valence-electron chi connectivity index (χ4n) is 4.56. The van der Waals surface area contributed by atoms with Crippen LogP contribution in [0.2, 0.25) is 0 Å². The minimum absolute atomic E-state index is 0.0953. The first-order chi connectivity index (χ1) is 20.4. The van der Waals surface area contributed by atoms with Gasteiger partial charge in [-0.05, 0) is 60.2 Å². The summed E-state index contributed by atoms with van der Waals surface area (Å²) in [6.45, 7) is 0.0953. The number of pyridine rings is 1. The molecule has 0 saturated heterocycles. The number of hydrogen-bond acceptors (Lipinski definition) is 7. The van der Waals surface area contributed by atoms with Gasteiger partial charge in [-0.1, -0.05) is 48.5 Å². The van der Waals surface area contributed by atoms with Gasteiger partial charge in [-0.2, -0.15) is 0 Å². The number of methoxy groups -OCH3 is 2. The van der Waals surface area contributed by atoms with E-state index in [1.54, 1.807) is 91.0 Å². The number of ether oxygens (including phenoxy) is 3. The van der Waals surface area contributed by atoms with Gasteiger partial charge in [-0.15, -0.1) is 0 Å². The van der Waals surface area contributed by atoms with Gasteiger partial charge in [0, 0.05) is 18.1 Å². The molecule has 0 atom stereocenters. The predicted octanol–water partition coefficient (Wildman–Crippen LogP) is 5.39. The summed E-state index contributed by atoms with van der Waals surface area (Å²) in [6, 6.07) is 27.7. The normalized spacial score (nSPS) is 10.7. The Kier molecular flexibility index (Phi) is 8.22. The highest BCUT2D eigenvalue weighted by molar-refractivity contribution is 6.27. The standard InChI is InChI=1S/C33H26N2O7/c1-40-20-23-14-9-15-26-27(23)29(42-33(39)22-12-7-4-8-13-22)28(30(36)34-26)32(38)35(24-16-18-25(41-2)19-17-24)31(37)21-10-5-3-6-11-21/h3-19H,20H2,1-2H3,(H,34,36). The van der Waals surface area contributed by atoms with E-state index in [2.05, 4.69) is 4.98 Å². The molecular formula is C33H26N2O7. The third-order valence-corrected chi connectivity index (χ3v) is 6.56. The van der Waals surface area contributed by atoms with Crippen molar-refractivity contribution in [2.24, 2.45) is 0 Å². The molecule has 0 aliphatic rings. The van der Waals surface area contributed by atoms with E-state index in [9.17, 15) is 19.2 Å². The average molecular weight is 563 g/mol. The van der Waals surface area contributed by atoms with Crippen molar-refractivity contribution < 1.29 is 28.6 Å². The molecule has 0 unspecified atom stereocenters. The van der Waals surface area contributed by atoms with Crippen LogP contribution in [-0.4, -0.2) is 37.0 Å². The van der Waals surface area contributed by atoms with E-state index in [1.807, 2.05) is 0 Å². The van der Waals surface area contributed by atoms with E-state index >= 15 is 0 Å². The quantitative estimate of drug-likeness (QED) is 0.199. The summed E-state index contributed by atoms with van der Waals surface area (Å²) in [5.41, 5.74) is 0.129. The van der Waals surface area contributed by atoms with Gasteiger partial charge in [-0.3, -0.25) is 14.4 Å². The fourth-order valence-corrected chi connectivity index (χ4v) is 4.56. The maximum absolute atomic E-state index is 14.4. The number of aromatic nitrogens is 1. The average Bonchev–Trinajstić information content (AvgIpc) is 3.02. The van der Waals surface area contributed by atoms with E-state index in [-0.39, 0.29) is 29.2 Å². The molecule has 210 valence electrons. The molecule has 1 heterocycles. The number of hydrogen-bond donors (Lipinski definition) is 1. The number of esters is 1. The Hall–Kier alpha value is -5.54. The molecular weight excluding hydrogens is 536 g/mol. The van der Waals surface area contributed by atoms with Crippen LogP contribution in [0.25, 0.3) is 10.9 Å². The highest BCUT2D eigenvalue weighted by Crippen LogP contribution is 2.33. The maximum atomic E-state index is 14.4. The predicted molar refractivity (Wildman–Crippen MR) is 157 cm³/mol. The smallest absolute Gasteiger partial charge is 0.343 e. The van der Waals surface area contributed by atoms with Crippen LogP contribution in [-0.2, 0) is 11.3 Å². The molecule has 9 nitrogen and oxygen atoms in total. The fraction of sp³-hybridized carbons (Fsp3) is 0.0909. The van der Waals surface area contributed by atoms with E-state index in [0.717, 1.165) is 4.90 Å². The molecule has 4 aromatic carbocycles. The molecule has 0 bridgehead atoms. The van der Waals surface area contributed by atoms with Crippen molar-refractivity contribution in [3.05, 3.63) is 136 Å². The lowest BCUT2D eigenvalue weighted by molar-refractivity contribution is 0.0734. The van der Waals surface area contributed by atoms with Crippen molar-refractivity contribution >= 4 is 34.4 Å². The number of fused-ring (bicyclic) bond motifs is 1. The van der Waals surface area contributed by atoms with Crippen LogP contribution < -0.4 is 19.9 Å². The highest BCUT2D eigenvalue weighted by Gasteiger charge is 2.33. The van der Waals surface area contributed by atoms with Crippen molar-refractivity contribution in [2.75, 3.05) is 19.1 Å². The largest absolute Gasteiger partial charge is 0.497 e. The number of nitrogens with one attached hydrogen (secondary N) is 1. The van der Waals surface area contributed by atoms with Gasteiger partial charge in [0.2, 0.25) is 0 Å². The third kappa shape index (κ3) is 5.54. The topological polar surface area (TPSA) is 115 Å². The number of imide groups is 1. The highest BCUT2D eigenvalue weighted by atomic mass is 16.5. The summed E-state index contributed by atoms with van der Waals surface area (Å²) in [6.07, 6.45) is 0. The molecule has 0 saturated carbocycles. The first-order valence-corrected chi connectivity index (χ1v) is 12.9. The second kappa shape index (κ2) is 12.3. The second-order valence-electron chi connectivity index (χ2n) is 9.20. The zero-order chi connectivity index (χ0) is 29.6. The molecule has 9 heteroatoms. The molecule has 5 aromatic rings. The van der Waals surface area contributed by atoms with Gasteiger partial charge in [0.15, 0.2) is 5.75 Å². The number of carbonyl (C=O) groups excluding carboxylic acids is 3. The Bertz CT molecular complexity index is 1820. The molecule has 0 fully saturated rings. The Balaban J connectivity index is 1.75.